The number of nitrogens with one attached hydrogen (secondary N) is 2. The number of amides is 2. The molecule has 0 fully saturated rings. The highest BCUT2D eigenvalue weighted by Crippen LogP contribution is 2.40. The molecule has 0 aromatic heterocycles. The second-order valence-electron chi connectivity index (χ2n) is 5.20. The number of anilines is 1. The van der Waals surface area contributed by atoms with Crippen LogP contribution in [-0.2, 0) is 6.18 Å². The van der Waals surface area contributed by atoms with E-state index in [0.29, 0.717) is 5.56 Å². The van der Waals surface area contributed by atoms with Gasteiger partial charge in [0.05, 0.1) is 5.56 Å². The molecular weight excluding hydrogens is 419 g/mol. The summed E-state index contributed by atoms with van der Waals surface area (Å²) in [6, 6.07) is 6.84. The Morgan fingerprint density at radius 2 is 1.62 bits per heavy atom. The molecule has 0 aliphatic heterocycles. The zero-order valence-electron chi connectivity index (χ0n) is 12.8. The summed E-state index contributed by atoms with van der Waals surface area (Å²) in [6.07, 6.45) is -4.55. The maximum absolute atomic E-state index is 13.0. The van der Waals surface area contributed by atoms with Gasteiger partial charge in [0.1, 0.15) is 11.9 Å². The minimum Gasteiger partial charge on any atom is -0.327 e. The van der Waals surface area contributed by atoms with E-state index in [1.165, 1.54) is 18.2 Å². The standard InChI is InChI=1S/C16H11Cl3F4N2O/c17-15(18,19)13(9-4-6-11(20)7-5-9)25-14(26)24-12-3-1-2-10(8-12)16(21,22)23/h1-8,13H,(H2,24,25,26). The fraction of sp³-hybridized carbons (Fsp3) is 0.188. The Balaban J connectivity index is 2.17. The lowest BCUT2D eigenvalue weighted by Gasteiger charge is -2.26. The summed E-state index contributed by atoms with van der Waals surface area (Å²) in [5, 5.41) is 4.59. The number of hydrogen-bond acceptors (Lipinski definition) is 1. The van der Waals surface area contributed by atoms with E-state index in [4.69, 9.17) is 34.8 Å². The van der Waals surface area contributed by atoms with Gasteiger partial charge in [-0.05, 0) is 35.9 Å². The molecule has 2 rings (SSSR count). The Hall–Kier alpha value is -1.70. The first-order valence-electron chi connectivity index (χ1n) is 7.04. The zero-order chi connectivity index (χ0) is 19.5. The van der Waals surface area contributed by atoms with Crippen molar-refractivity contribution < 1.29 is 22.4 Å². The first-order chi connectivity index (χ1) is 12.0. The van der Waals surface area contributed by atoms with E-state index in [9.17, 15) is 22.4 Å². The van der Waals surface area contributed by atoms with Crippen LogP contribution in [0.15, 0.2) is 48.5 Å². The van der Waals surface area contributed by atoms with Crippen molar-refractivity contribution in [1.82, 2.24) is 5.32 Å². The summed E-state index contributed by atoms with van der Waals surface area (Å²) >= 11 is 17.6. The molecule has 0 radical (unpaired) electrons. The van der Waals surface area contributed by atoms with Gasteiger partial charge in [0.15, 0.2) is 0 Å². The van der Waals surface area contributed by atoms with E-state index in [1.807, 2.05) is 0 Å². The predicted octanol–water partition coefficient (Wildman–Crippen LogP) is 6.08. The molecule has 1 atom stereocenters. The average molecular weight is 430 g/mol. The quantitative estimate of drug-likeness (QED) is 0.451. The summed E-state index contributed by atoms with van der Waals surface area (Å²) in [6.45, 7) is 0. The van der Waals surface area contributed by atoms with E-state index >= 15 is 0 Å². The number of carbonyl (C=O) groups excluding carboxylic acids is 1. The largest absolute Gasteiger partial charge is 0.416 e. The number of urea groups is 1. The minimum atomic E-state index is -4.55. The third-order valence-electron chi connectivity index (χ3n) is 3.25. The number of hydrogen-bond donors (Lipinski definition) is 2. The second-order valence-corrected chi connectivity index (χ2v) is 7.57. The van der Waals surface area contributed by atoms with Crippen molar-refractivity contribution in [2.45, 2.75) is 16.0 Å². The highest BCUT2D eigenvalue weighted by atomic mass is 35.6. The van der Waals surface area contributed by atoms with Crippen molar-refractivity contribution in [1.29, 1.82) is 0 Å². The molecule has 3 nitrogen and oxygen atoms in total. The van der Waals surface area contributed by atoms with Gasteiger partial charge in [0.25, 0.3) is 0 Å². The van der Waals surface area contributed by atoms with Gasteiger partial charge < -0.3 is 10.6 Å². The van der Waals surface area contributed by atoms with Crippen LogP contribution in [0.25, 0.3) is 0 Å². The van der Waals surface area contributed by atoms with Gasteiger partial charge in [-0.3, -0.25) is 0 Å². The molecule has 2 aromatic carbocycles. The van der Waals surface area contributed by atoms with Crippen LogP contribution in [0, 0.1) is 5.82 Å². The molecule has 26 heavy (non-hydrogen) atoms. The molecule has 140 valence electrons. The van der Waals surface area contributed by atoms with Crippen LogP contribution in [0.2, 0.25) is 0 Å². The van der Waals surface area contributed by atoms with E-state index in [-0.39, 0.29) is 5.69 Å². The van der Waals surface area contributed by atoms with Gasteiger partial charge in [-0.1, -0.05) is 53.0 Å². The number of alkyl halides is 6. The van der Waals surface area contributed by atoms with Crippen LogP contribution in [0.1, 0.15) is 17.2 Å². The van der Waals surface area contributed by atoms with Gasteiger partial charge in [-0.15, -0.1) is 0 Å². The molecular formula is C16H11Cl3F4N2O. The van der Waals surface area contributed by atoms with Crippen LogP contribution >= 0.6 is 34.8 Å². The molecule has 0 spiro atoms. The summed E-state index contributed by atoms with van der Waals surface area (Å²) in [5.74, 6) is -0.523. The van der Waals surface area contributed by atoms with Crippen molar-refractivity contribution in [2.75, 3.05) is 5.32 Å². The monoisotopic (exact) mass is 428 g/mol. The summed E-state index contributed by atoms with van der Waals surface area (Å²) in [4.78, 5) is 12.1. The fourth-order valence-electron chi connectivity index (χ4n) is 2.08. The lowest BCUT2D eigenvalue weighted by Crippen LogP contribution is -2.39. The summed E-state index contributed by atoms with van der Waals surface area (Å²) < 4.78 is 49.2. The number of halogens is 7. The summed E-state index contributed by atoms with van der Waals surface area (Å²) in [5.41, 5.74) is -0.725. The van der Waals surface area contributed by atoms with Crippen LogP contribution in [0.3, 0.4) is 0 Å². The lowest BCUT2D eigenvalue weighted by molar-refractivity contribution is -0.137. The van der Waals surface area contributed by atoms with Crippen molar-refractivity contribution in [2.24, 2.45) is 0 Å². The Labute approximate surface area is 161 Å². The Morgan fingerprint density at radius 3 is 2.15 bits per heavy atom. The average Bonchev–Trinajstić information content (AvgIpc) is 2.52. The SMILES string of the molecule is O=C(Nc1cccc(C(F)(F)F)c1)NC(c1ccc(F)cc1)C(Cl)(Cl)Cl. The molecule has 2 N–H and O–H groups in total. The zero-order valence-corrected chi connectivity index (χ0v) is 15.0. The molecule has 2 amide bonds. The molecule has 0 saturated carbocycles. The molecule has 0 aliphatic carbocycles. The van der Waals surface area contributed by atoms with Crippen molar-refractivity contribution in [3.63, 3.8) is 0 Å². The Morgan fingerprint density at radius 1 is 1.00 bits per heavy atom. The van der Waals surface area contributed by atoms with Gasteiger partial charge >= 0.3 is 12.2 Å². The highest BCUT2D eigenvalue weighted by molar-refractivity contribution is 6.68. The van der Waals surface area contributed by atoms with Crippen molar-refractivity contribution in [3.8, 4) is 0 Å². The lowest BCUT2D eigenvalue weighted by atomic mass is 10.1. The van der Waals surface area contributed by atoms with E-state index in [2.05, 4.69) is 10.6 Å². The number of benzene rings is 2. The van der Waals surface area contributed by atoms with Crippen LogP contribution in [0.5, 0.6) is 0 Å². The molecule has 10 heteroatoms. The molecule has 0 aliphatic rings. The van der Waals surface area contributed by atoms with Crippen LogP contribution in [-0.4, -0.2) is 9.82 Å². The Kier molecular flexibility index (Phi) is 6.26. The van der Waals surface area contributed by atoms with Crippen molar-refractivity contribution >= 4 is 46.5 Å². The third-order valence-corrected chi connectivity index (χ3v) is 3.91. The molecule has 0 bridgehead atoms. The van der Waals surface area contributed by atoms with Gasteiger partial charge in [0.2, 0.25) is 3.79 Å². The fourth-order valence-corrected chi connectivity index (χ4v) is 2.62. The highest BCUT2D eigenvalue weighted by Gasteiger charge is 2.35. The Bertz CT molecular complexity index is 776. The molecule has 2 aromatic rings. The maximum atomic E-state index is 13.0. The second kappa shape index (κ2) is 7.90. The smallest absolute Gasteiger partial charge is 0.327 e. The predicted molar refractivity (Wildman–Crippen MR) is 93.0 cm³/mol. The van der Waals surface area contributed by atoms with E-state index in [1.54, 1.807) is 0 Å². The van der Waals surface area contributed by atoms with Crippen molar-refractivity contribution in [3.05, 3.63) is 65.5 Å². The molecule has 0 heterocycles. The van der Waals surface area contributed by atoms with Gasteiger partial charge in [-0.25, -0.2) is 9.18 Å². The van der Waals surface area contributed by atoms with Crippen LogP contribution in [0.4, 0.5) is 28.0 Å². The van der Waals surface area contributed by atoms with Gasteiger partial charge in [0, 0.05) is 5.69 Å². The van der Waals surface area contributed by atoms with Gasteiger partial charge in [-0.2, -0.15) is 13.2 Å². The van der Waals surface area contributed by atoms with E-state index < -0.39 is 33.4 Å². The summed E-state index contributed by atoms with van der Waals surface area (Å²) in [7, 11) is 0. The third kappa shape index (κ3) is 5.65. The number of carbonyl (C=O) groups is 1. The molecule has 0 saturated heterocycles. The van der Waals surface area contributed by atoms with Crippen LogP contribution < -0.4 is 10.6 Å². The first kappa shape index (κ1) is 20.6. The molecule has 1 unspecified atom stereocenters. The minimum absolute atomic E-state index is 0.0977. The normalized spacial score (nSPS) is 13.2. The van der Waals surface area contributed by atoms with E-state index in [0.717, 1.165) is 30.3 Å². The maximum Gasteiger partial charge on any atom is 0.416 e. The first-order valence-corrected chi connectivity index (χ1v) is 8.17. The topological polar surface area (TPSA) is 41.1 Å². The number of rotatable bonds is 3.